The number of carbonyl (C=O) groups excluding carboxylic acids is 1. The molecule has 0 spiro atoms. The first-order valence-electron chi connectivity index (χ1n) is 5.29. The maximum atomic E-state index is 11.8. The molecule has 19 heavy (non-hydrogen) atoms. The van der Waals surface area contributed by atoms with Crippen LogP contribution >= 0.6 is 23.2 Å². The zero-order chi connectivity index (χ0) is 14.0. The molecule has 0 aliphatic rings. The topological polar surface area (TPSA) is 78.0 Å². The molecule has 0 fully saturated rings. The molecule has 2 N–H and O–H groups in total. The van der Waals surface area contributed by atoms with Crippen molar-refractivity contribution in [2.75, 3.05) is 0 Å². The Morgan fingerprint density at radius 2 is 1.89 bits per heavy atom. The SMILES string of the molecule is NC(=O)c1ccc(Cn2ncc(Cl)c(Cl)c2=O)cc1. The Morgan fingerprint density at radius 1 is 1.26 bits per heavy atom. The Balaban J connectivity index is 2.29. The predicted molar refractivity (Wildman–Crippen MR) is 72.6 cm³/mol. The fraction of sp³-hybridized carbons (Fsp3) is 0.0833. The Bertz CT molecular complexity index is 680. The van der Waals surface area contributed by atoms with Gasteiger partial charge < -0.3 is 5.73 Å². The molecule has 1 aromatic heterocycles. The first-order valence-corrected chi connectivity index (χ1v) is 6.04. The number of hydrogen-bond acceptors (Lipinski definition) is 3. The highest BCUT2D eigenvalue weighted by atomic mass is 35.5. The summed E-state index contributed by atoms with van der Waals surface area (Å²) in [5.41, 5.74) is 5.86. The van der Waals surface area contributed by atoms with Crippen LogP contribution in [0.1, 0.15) is 15.9 Å². The molecule has 0 saturated heterocycles. The smallest absolute Gasteiger partial charge is 0.287 e. The Kier molecular flexibility index (Phi) is 3.87. The van der Waals surface area contributed by atoms with E-state index >= 15 is 0 Å². The number of hydrogen-bond donors (Lipinski definition) is 1. The van der Waals surface area contributed by atoms with E-state index in [1.807, 2.05) is 0 Å². The molecule has 0 bridgehead atoms. The van der Waals surface area contributed by atoms with Crippen molar-refractivity contribution in [3.63, 3.8) is 0 Å². The van der Waals surface area contributed by atoms with Crippen LogP contribution in [0.15, 0.2) is 35.3 Å². The molecule has 5 nitrogen and oxygen atoms in total. The second-order valence-corrected chi connectivity index (χ2v) is 4.62. The third-order valence-electron chi connectivity index (χ3n) is 2.51. The van der Waals surface area contributed by atoms with Crippen molar-refractivity contribution >= 4 is 29.1 Å². The van der Waals surface area contributed by atoms with Crippen LogP contribution in [0.5, 0.6) is 0 Å². The van der Waals surface area contributed by atoms with Crippen molar-refractivity contribution in [3.8, 4) is 0 Å². The zero-order valence-corrected chi connectivity index (χ0v) is 11.1. The van der Waals surface area contributed by atoms with Crippen molar-refractivity contribution in [2.24, 2.45) is 5.73 Å². The highest BCUT2D eigenvalue weighted by Gasteiger charge is 2.08. The van der Waals surface area contributed by atoms with Crippen LogP contribution in [-0.2, 0) is 6.54 Å². The quantitative estimate of drug-likeness (QED) is 0.936. The summed E-state index contributed by atoms with van der Waals surface area (Å²) in [5, 5.41) is 3.94. The fourth-order valence-electron chi connectivity index (χ4n) is 1.50. The van der Waals surface area contributed by atoms with E-state index in [0.29, 0.717) is 5.56 Å². The van der Waals surface area contributed by atoms with E-state index in [-0.39, 0.29) is 16.6 Å². The molecule has 1 aromatic carbocycles. The molecule has 7 heteroatoms. The minimum Gasteiger partial charge on any atom is -0.366 e. The summed E-state index contributed by atoms with van der Waals surface area (Å²) >= 11 is 11.4. The molecule has 98 valence electrons. The monoisotopic (exact) mass is 297 g/mol. The Morgan fingerprint density at radius 3 is 2.47 bits per heavy atom. The second-order valence-electron chi connectivity index (χ2n) is 3.83. The van der Waals surface area contributed by atoms with Gasteiger partial charge in [-0.1, -0.05) is 35.3 Å². The molecule has 0 saturated carbocycles. The van der Waals surface area contributed by atoms with Gasteiger partial charge in [0.2, 0.25) is 5.91 Å². The van der Waals surface area contributed by atoms with Crippen molar-refractivity contribution in [1.29, 1.82) is 0 Å². The highest BCUT2D eigenvalue weighted by Crippen LogP contribution is 2.15. The lowest BCUT2D eigenvalue weighted by Gasteiger charge is -2.06. The summed E-state index contributed by atoms with van der Waals surface area (Å²) in [4.78, 5) is 22.7. The summed E-state index contributed by atoms with van der Waals surface area (Å²) in [6.45, 7) is 0.231. The maximum Gasteiger partial charge on any atom is 0.287 e. The summed E-state index contributed by atoms with van der Waals surface area (Å²) in [5.74, 6) is -0.503. The average Bonchev–Trinajstić information content (AvgIpc) is 2.40. The van der Waals surface area contributed by atoms with Crippen molar-refractivity contribution in [3.05, 3.63) is 62.0 Å². The van der Waals surface area contributed by atoms with Gasteiger partial charge in [-0.25, -0.2) is 4.68 Å². The molecular formula is C12H9Cl2N3O2. The molecule has 2 aromatic rings. The van der Waals surface area contributed by atoms with E-state index in [4.69, 9.17) is 28.9 Å². The van der Waals surface area contributed by atoms with Gasteiger partial charge in [0.15, 0.2) is 0 Å². The Hall–Kier alpha value is -1.85. The third kappa shape index (κ3) is 2.94. The number of nitrogens with two attached hydrogens (primary N) is 1. The summed E-state index contributed by atoms with van der Waals surface area (Å²) < 4.78 is 1.19. The van der Waals surface area contributed by atoms with Gasteiger partial charge in [0.05, 0.1) is 17.8 Å². The summed E-state index contributed by atoms with van der Waals surface area (Å²) in [6.07, 6.45) is 1.31. The molecule has 0 aliphatic carbocycles. The van der Waals surface area contributed by atoms with Gasteiger partial charge in [0.25, 0.3) is 5.56 Å². The number of aromatic nitrogens is 2. The molecule has 2 rings (SSSR count). The van der Waals surface area contributed by atoms with E-state index in [9.17, 15) is 9.59 Å². The van der Waals surface area contributed by atoms with Crippen LogP contribution in [0.2, 0.25) is 10.0 Å². The fourth-order valence-corrected chi connectivity index (χ4v) is 1.78. The number of primary amides is 1. The van der Waals surface area contributed by atoms with Crippen molar-refractivity contribution in [1.82, 2.24) is 9.78 Å². The lowest BCUT2D eigenvalue weighted by molar-refractivity contribution is 0.100. The van der Waals surface area contributed by atoms with Gasteiger partial charge in [-0.05, 0) is 17.7 Å². The Labute approximate surface area is 118 Å². The first kappa shape index (κ1) is 13.6. The normalized spacial score (nSPS) is 10.4. The van der Waals surface area contributed by atoms with E-state index in [0.717, 1.165) is 5.56 Å². The lowest BCUT2D eigenvalue weighted by Crippen LogP contribution is -2.23. The molecule has 0 radical (unpaired) electrons. The summed E-state index contributed by atoms with van der Waals surface area (Å²) in [7, 11) is 0. The van der Waals surface area contributed by atoms with Gasteiger partial charge in [0.1, 0.15) is 5.02 Å². The number of benzene rings is 1. The van der Waals surface area contributed by atoms with E-state index in [2.05, 4.69) is 5.10 Å². The van der Waals surface area contributed by atoms with Gasteiger partial charge in [-0.3, -0.25) is 9.59 Å². The highest BCUT2D eigenvalue weighted by molar-refractivity contribution is 6.41. The summed E-state index contributed by atoms with van der Waals surface area (Å²) in [6, 6.07) is 6.55. The number of carbonyl (C=O) groups is 1. The predicted octanol–water partition coefficient (Wildman–Crippen LogP) is 1.70. The first-order chi connectivity index (χ1) is 8.99. The van der Waals surface area contributed by atoms with Crippen LogP contribution in [0.3, 0.4) is 0 Å². The third-order valence-corrected chi connectivity index (χ3v) is 3.26. The average molecular weight is 298 g/mol. The van der Waals surface area contributed by atoms with E-state index in [1.54, 1.807) is 24.3 Å². The van der Waals surface area contributed by atoms with Crippen LogP contribution in [0, 0.1) is 0 Å². The standard InChI is InChI=1S/C12H9Cl2N3O2/c13-9-5-16-17(12(19)10(9)14)6-7-1-3-8(4-2-7)11(15)18/h1-5H,6H2,(H2,15,18). The van der Waals surface area contributed by atoms with Crippen LogP contribution < -0.4 is 11.3 Å². The maximum absolute atomic E-state index is 11.8. The van der Waals surface area contributed by atoms with Gasteiger partial charge >= 0.3 is 0 Å². The van der Waals surface area contributed by atoms with E-state index < -0.39 is 11.5 Å². The molecule has 0 atom stereocenters. The number of amides is 1. The van der Waals surface area contributed by atoms with Gasteiger partial charge in [-0.15, -0.1) is 0 Å². The molecule has 1 heterocycles. The van der Waals surface area contributed by atoms with Gasteiger partial charge in [0, 0.05) is 5.56 Å². The number of nitrogens with zero attached hydrogens (tertiary/aromatic N) is 2. The van der Waals surface area contributed by atoms with Crippen molar-refractivity contribution < 1.29 is 4.79 Å². The van der Waals surface area contributed by atoms with Gasteiger partial charge in [-0.2, -0.15) is 5.10 Å². The van der Waals surface area contributed by atoms with E-state index in [1.165, 1.54) is 10.9 Å². The molecule has 0 aliphatic heterocycles. The van der Waals surface area contributed by atoms with Crippen molar-refractivity contribution in [2.45, 2.75) is 6.54 Å². The van der Waals surface area contributed by atoms with Crippen LogP contribution in [0.25, 0.3) is 0 Å². The number of rotatable bonds is 3. The molecular weight excluding hydrogens is 289 g/mol. The van der Waals surface area contributed by atoms with Crippen LogP contribution in [0.4, 0.5) is 0 Å². The minimum absolute atomic E-state index is 0.0644. The largest absolute Gasteiger partial charge is 0.366 e. The molecule has 1 amide bonds. The second kappa shape index (κ2) is 5.42. The molecule has 0 unspecified atom stereocenters. The number of halogens is 2. The zero-order valence-electron chi connectivity index (χ0n) is 9.64. The lowest BCUT2D eigenvalue weighted by atomic mass is 10.1. The minimum atomic E-state index is -0.503. The van der Waals surface area contributed by atoms with Crippen LogP contribution in [-0.4, -0.2) is 15.7 Å².